The number of ether oxygens (including phenoxy) is 2. The van der Waals surface area contributed by atoms with Crippen LogP contribution in [0.2, 0.25) is 0 Å². The molecule has 1 N–H and O–H groups in total. The van der Waals surface area contributed by atoms with Crippen LogP contribution in [0.4, 0.5) is 0 Å². The van der Waals surface area contributed by atoms with Gasteiger partial charge in [0.25, 0.3) is 0 Å². The zero-order chi connectivity index (χ0) is 13.2. The fourth-order valence-electron chi connectivity index (χ4n) is 1.79. The summed E-state index contributed by atoms with van der Waals surface area (Å²) in [5.41, 5.74) is 1.13. The summed E-state index contributed by atoms with van der Waals surface area (Å²) in [5, 5.41) is 9.22. The van der Waals surface area contributed by atoms with E-state index in [0.29, 0.717) is 13.2 Å². The van der Waals surface area contributed by atoms with Gasteiger partial charge in [-0.2, -0.15) is 0 Å². The van der Waals surface area contributed by atoms with Crippen molar-refractivity contribution in [1.29, 1.82) is 0 Å². The molecule has 1 aromatic carbocycles. The molecule has 0 bridgehead atoms. The van der Waals surface area contributed by atoms with E-state index in [4.69, 9.17) is 9.47 Å². The molecule has 3 nitrogen and oxygen atoms in total. The third-order valence-electron chi connectivity index (χ3n) is 3.01. The first kappa shape index (κ1) is 15.0. The Hall–Kier alpha value is -1.06. The van der Waals surface area contributed by atoms with Gasteiger partial charge in [0.1, 0.15) is 5.75 Å². The maximum atomic E-state index is 9.22. The Morgan fingerprint density at radius 2 is 1.94 bits per heavy atom. The van der Waals surface area contributed by atoms with Crippen LogP contribution in [0.1, 0.15) is 31.7 Å². The molecule has 0 saturated carbocycles. The monoisotopic (exact) mass is 252 g/mol. The highest BCUT2D eigenvalue weighted by atomic mass is 16.5. The average molecular weight is 252 g/mol. The van der Waals surface area contributed by atoms with Crippen molar-refractivity contribution in [3.63, 3.8) is 0 Å². The fourth-order valence-corrected chi connectivity index (χ4v) is 1.79. The van der Waals surface area contributed by atoms with Crippen molar-refractivity contribution in [3.05, 3.63) is 29.8 Å². The first-order valence-electron chi connectivity index (χ1n) is 6.61. The Morgan fingerprint density at radius 3 is 2.50 bits per heavy atom. The number of aliphatic hydroxyl groups is 1. The lowest BCUT2D eigenvalue weighted by atomic mass is 10.0. The minimum absolute atomic E-state index is 0.211. The zero-order valence-electron chi connectivity index (χ0n) is 11.4. The normalized spacial score (nSPS) is 12.4. The van der Waals surface area contributed by atoms with Crippen LogP contribution >= 0.6 is 0 Å². The van der Waals surface area contributed by atoms with Gasteiger partial charge in [0.05, 0.1) is 20.3 Å². The van der Waals surface area contributed by atoms with Gasteiger partial charge in [-0.15, -0.1) is 0 Å². The number of rotatable bonds is 9. The summed E-state index contributed by atoms with van der Waals surface area (Å²) in [6.07, 6.45) is 3.35. The molecule has 1 rings (SSSR count). The quantitative estimate of drug-likeness (QED) is 0.734. The molecule has 1 aromatic rings. The van der Waals surface area contributed by atoms with E-state index in [-0.39, 0.29) is 12.5 Å². The molecule has 18 heavy (non-hydrogen) atoms. The molecule has 0 unspecified atom stereocenters. The van der Waals surface area contributed by atoms with Gasteiger partial charge in [-0.25, -0.2) is 0 Å². The highest BCUT2D eigenvalue weighted by molar-refractivity contribution is 5.26. The van der Waals surface area contributed by atoms with Crippen LogP contribution in [0.25, 0.3) is 0 Å². The third-order valence-corrected chi connectivity index (χ3v) is 3.01. The largest absolute Gasteiger partial charge is 0.497 e. The molecule has 0 aliphatic carbocycles. The molecule has 0 heterocycles. The lowest BCUT2D eigenvalue weighted by Crippen LogP contribution is -2.13. The summed E-state index contributed by atoms with van der Waals surface area (Å²) in [6, 6.07) is 7.86. The molecule has 0 aliphatic rings. The first-order valence-corrected chi connectivity index (χ1v) is 6.61. The molecule has 0 saturated heterocycles. The number of unbranched alkanes of at least 4 members (excludes halogenated alkanes) is 1. The Morgan fingerprint density at radius 1 is 1.22 bits per heavy atom. The lowest BCUT2D eigenvalue weighted by molar-refractivity contribution is 0.0587. The first-order chi connectivity index (χ1) is 8.80. The topological polar surface area (TPSA) is 38.7 Å². The standard InChI is InChI=1S/C15H24O3/c1-3-4-5-14(10-16)12-18-11-13-6-8-15(17-2)9-7-13/h6-9,14,16H,3-5,10-12H2,1-2H3/t14-/m1/s1. The molecule has 0 aromatic heterocycles. The van der Waals surface area contributed by atoms with Crippen molar-refractivity contribution in [1.82, 2.24) is 0 Å². The van der Waals surface area contributed by atoms with E-state index in [1.165, 1.54) is 0 Å². The van der Waals surface area contributed by atoms with E-state index >= 15 is 0 Å². The van der Waals surface area contributed by atoms with E-state index in [1.807, 2.05) is 24.3 Å². The second kappa shape index (κ2) is 8.95. The van der Waals surface area contributed by atoms with Crippen LogP contribution in [0.15, 0.2) is 24.3 Å². The molecule has 1 atom stereocenters. The summed E-state index contributed by atoms with van der Waals surface area (Å²) in [7, 11) is 1.66. The summed E-state index contributed by atoms with van der Waals surface area (Å²) in [4.78, 5) is 0. The van der Waals surface area contributed by atoms with Crippen molar-refractivity contribution in [2.75, 3.05) is 20.3 Å². The number of hydrogen-bond acceptors (Lipinski definition) is 3. The predicted octanol–water partition coefficient (Wildman–Crippen LogP) is 3.01. The van der Waals surface area contributed by atoms with E-state index in [2.05, 4.69) is 6.92 Å². The summed E-state index contributed by atoms with van der Waals surface area (Å²) in [6.45, 7) is 3.59. The molecule has 0 fully saturated rings. The molecule has 102 valence electrons. The average Bonchev–Trinajstić information content (AvgIpc) is 2.43. The lowest BCUT2D eigenvalue weighted by Gasteiger charge is -2.14. The van der Waals surface area contributed by atoms with E-state index in [9.17, 15) is 5.11 Å². The summed E-state index contributed by atoms with van der Waals surface area (Å²) < 4.78 is 10.7. The van der Waals surface area contributed by atoms with Gasteiger partial charge in [-0.05, 0) is 24.1 Å². The molecule has 0 spiro atoms. The van der Waals surface area contributed by atoms with E-state index < -0.39 is 0 Å². The minimum Gasteiger partial charge on any atom is -0.497 e. The van der Waals surface area contributed by atoms with E-state index in [0.717, 1.165) is 30.6 Å². The van der Waals surface area contributed by atoms with Gasteiger partial charge in [-0.1, -0.05) is 31.9 Å². The Bertz CT molecular complexity index is 308. The van der Waals surface area contributed by atoms with Crippen molar-refractivity contribution < 1.29 is 14.6 Å². The number of benzene rings is 1. The number of aliphatic hydroxyl groups excluding tert-OH is 1. The van der Waals surface area contributed by atoms with Crippen LogP contribution in [-0.2, 0) is 11.3 Å². The highest BCUT2D eigenvalue weighted by Crippen LogP contribution is 2.13. The number of methoxy groups -OCH3 is 1. The van der Waals surface area contributed by atoms with Gasteiger partial charge < -0.3 is 14.6 Å². The van der Waals surface area contributed by atoms with Gasteiger partial charge in [0, 0.05) is 12.5 Å². The third kappa shape index (κ3) is 5.52. The molecule has 0 aliphatic heterocycles. The van der Waals surface area contributed by atoms with Gasteiger partial charge in [-0.3, -0.25) is 0 Å². The Kier molecular flexibility index (Phi) is 7.46. The van der Waals surface area contributed by atoms with Gasteiger partial charge in [0.15, 0.2) is 0 Å². The number of hydrogen-bond donors (Lipinski definition) is 1. The van der Waals surface area contributed by atoms with Crippen molar-refractivity contribution in [3.8, 4) is 5.75 Å². The summed E-state index contributed by atoms with van der Waals surface area (Å²) >= 11 is 0. The second-order valence-corrected chi connectivity index (χ2v) is 4.55. The fraction of sp³-hybridized carbons (Fsp3) is 0.600. The van der Waals surface area contributed by atoms with Crippen LogP contribution in [0.5, 0.6) is 5.75 Å². The Labute approximate surface area is 110 Å². The van der Waals surface area contributed by atoms with Crippen molar-refractivity contribution >= 4 is 0 Å². The second-order valence-electron chi connectivity index (χ2n) is 4.55. The molecule has 0 amide bonds. The molecular formula is C15H24O3. The zero-order valence-corrected chi connectivity index (χ0v) is 11.4. The Balaban J connectivity index is 2.26. The van der Waals surface area contributed by atoms with Crippen LogP contribution in [-0.4, -0.2) is 25.4 Å². The smallest absolute Gasteiger partial charge is 0.118 e. The van der Waals surface area contributed by atoms with E-state index in [1.54, 1.807) is 7.11 Å². The maximum absolute atomic E-state index is 9.22. The summed E-state index contributed by atoms with van der Waals surface area (Å²) in [5.74, 6) is 1.12. The van der Waals surface area contributed by atoms with Crippen molar-refractivity contribution in [2.45, 2.75) is 32.8 Å². The van der Waals surface area contributed by atoms with Gasteiger partial charge in [0.2, 0.25) is 0 Å². The highest BCUT2D eigenvalue weighted by Gasteiger charge is 2.07. The minimum atomic E-state index is 0.211. The van der Waals surface area contributed by atoms with Crippen LogP contribution < -0.4 is 4.74 Å². The SMILES string of the molecule is CCCC[C@H](CO)COCc1ccc(OC)cc1. The van der Waals surface area contributed by atoms with Gasteiger partial charge >= 0.3 is 0 Å². The van der Waals surface area contributed by atoms with Crippen molar-refractivity contribution in [2.24, 2.45) is 5.92 Å². The molecule has 0 radical (unpaired) electrons. The van der Waals surface area contributed by atoms with Crippen LogP contribution in [0, 0.1) is 5.92 Å². The maximum Gasteiger partial charge on any atom is 0.118 e. The van der Waals surface area contributed by atoms with Crippen LogP contribution in [0.3, 0.4) is 0 Å². The molecular weight excluding hydrogens is 228 g/mol. The molecule has 3 heteroatoms. The predicted molar refractivity (Wildman–Crippen MR) is 72.8 cm³/mol.